The van der Waals surface area contributed by atoms with Crippen LogP contribution in [0.15, 0.2) is 46.1 Å². The van der Waals surface area contributed by atoms with Gasteiger partial charge in [-0.15, -0.1) is 0 Å². The minimum atomic E-state index is -0.00240. The third-order valence-electron chi connectivity index (χ3n) is 3.16. The maximum absolute atomic E-state index is 12.3. The van der Waals surface area contributed by atoms with E-state index < -0.39 is 0 Å². The summed E-state index contributed by atoms with van der Waals surface area (Å²) in [7, 11) is 1.76. The van der Waals surface area contributed by atoms with Gasteiger partial charge in [-0.05, 0) is 24.3 Å². The van der Waals surface area contributed by atoms with Crippen molar-refractivity contribution in [1.29, 1.82) is 0 Å². The van der Waals surface area contributed by atoms with Crippen LogP contribution in [0.3, 0.4) is 0 Å². The second kappa shape index (κ2) is 5.13. The number of nitrogens with zero attached hydrogens (tertiary/aromatic N) is 4. The van der Waals surface area contributed by atoms with Gasteiger partial charge in [0.2, 0.25) is 5.91 Å². The van der Waals surface area contributed by atoms with Crippen LogP contribution in [0, 0.1) is 0 Å². The van der Waals surface area contributed by atoms with Crippen LogP contribution in [0.4, 0.5) is 11.4 Å². The third kappa shape index (κ3) is 2.34. The fourth-order valence-corrected chi connectivity index (χ4v) is 2.42. The normalized spacial score (nSPS) is 14.6. The van der Waals surface area contributed by atoms with Crippen LogP contribution >= 0.6 is 15.9 Å². The average Bonchev–Trinajstić information content (AvgIpc) is 2.59. The lowest BCUT2D eigenvalue weighted by molar-refractivity contribution is -0.117. The fourth-order valence-electron chi connectivity index (χ4n) is 2.07. The number of amides is 1. The summed E-state index contributed by atoms with van der Waals surface area (Å²) < 4.78 is 0.917. The van der Waals surface area contributed by atoms with Crippen LogP contribution in [-0.2, 0) is 4.79 Å². The highest BCUT2D eigenvalue weighted by Gasteiger charge is 2.22. The number of carbonyl (C=O) groups is 1. The number of anilines is 1. The van der Waals surface area contributed by atoms with E-state index >= 15 is 0 Å². The molecular formula is C14H11BrN4O. The van der Waals surface area contributed by atoms with Crippen molar-refractivity contribution in [1.82, 2.24) is 10.2 Å². The summed E-state index contributed by atoms with van der Waals surface area (Å²) in [5.74, 6) is -0.00240. The van der Waals surface area contributed by atoms with E-state index in [0.717, 1.165) is 21.4 Å². The molecule has 2 aromatic rings. The lowest BCUT2D eigenvalue weighted by Gasteiger charge is -2.16. The van der Waals surface area contributed by atoms with Gasteiger partial charge in [0.25, 0.3) is 0 Å². The molecule has 0 aliphatic carbocycles. The van der Waals surface area contributed by atoms with Crippen molar-refractivity contribution < 1.29 is 4.79 Å². The van der Waals surface area contributed by atoms with Crippen LogP contribution in [0.5, 0.6) is 0 Å². The van der Waals surface area contributed by atoms with Gasteiger partial charge >= 0.3 is 0 Å². The number of halogens is 1. The van der Waals surface area contributed by atoms with Gasteiger partial charge < -0.3 is 4.90 Å². The van der Waals surface area contributed by atoms with Crippen LogP contribution in [0.25, 0.3) is 0 Å². The molecule has 0 atom stereocenters. The molecule has 6 heteroatoms. The molecule has 0 radical (unpaired) electrons. The largest absolute Gasteiger partial charge is 0.313 e. The van der Waals surface area contributed by atoms with E-state index in [2.05, 4.69) is 31.1 Å². The van der Waals surface area contributed by atoms with Gasteiger partial charge in [-0.1, -0.05) is 15.9 Å². The highest BCUT2D eigenvalue weighted by molar-refractivity contribution is 9.10. The third-order valence-corrected chi connectivity index (χ3v) is 3.66. The van der Waals surface area contributed by atoms with E-state index in [1.54, 1.807) is 24.3 Å². The quantitative estimate of drug-likeness (QED) is 0.807. The molecule has 2 heterocycles. The molecule has 0 saturated heterocycles. The number of benzene rings is 1. The molecule has 0 N–H and O–H groups in total. The predicted molar refractivity (Wildman–Crippen MR) is 80.4 cm³/mol. The minimum absolute atomic E-state index is 0.00240. The molecular weight excluding hydrogens is 320 g/mol. The number of aliphatic imine (C=N–C) groups is 1. The molecule has 0 bridgehead atoms. The van der Waals surface area contributed by atoms with E-state index in [1.165, 1.54) is 0 Å². The number of aromatic nitrogens is 2. The van der Waals surface area contributed by atoms with Crippen LogP contribution in [-0.4, -0.2) is 28.9 Å². The smallest absolute Gasteiger partial charge is 0.232 e. The zero-order chi connectivity index (χ0) is 14.1. The average molecular weight is 331 g/mol. The summed E-state index contributed by atoms with van der Waals surface area (Å²) in [6, 6.07) is 7.50. The maximum atomic E-state index is 12.3. The molecule has 5 nitrogen and oxygen atoms in total. The number of hydrogen-bond acceptors (Lipinski definition) is 4. The number of rotatable bonds is 1. The Morgan fingerprint density at radius 3 is 2.85 bits per heavy atom. The lowest BCUT2D eigenvalue weighted by Crippen LogP contribution is -2.27. The van der Waals surface area contributed by atoms with Crippen molar-refractivity contribution >= 4 is 38.9 Å². The van der Waals surface area contributed by atoms with Crippen molar-refractivity contribution in [3.63, 3.8) is 0 Å². The van der Waals surface area contributed by atoms with E-state index in [0.29, 0.717) is 5.71 Å². The van der Waals surface area contributed by atoms with Gasteiger partial charge in [0.05, 0.1) is 35.9 Å². The van der Waals surface area contributed by atoms with Crippen molar-refractivity contribution in [2.45, 2.75) is 6.42 Å². The Balaban J connectivity index is 2.15. The Hall–Kier alpha value is -2.08. The van der Waals surface area contributed by atoms with Gasteiger partial charge in [0.1, 0.15) is 0 Å². The zero-order valence-corrected chi connectivity index (χ0v) is 12.3. The summed E-state index contributed by atoms with van der Waals surface area (Å²) in [4.78, 5) is 18.5. The number of hydrogen-bond donors (Lipinski definition) is 0. The molecule has 1 amide bonds. The lowest BCUT2D eigenvalue weighted by atomic mass is 10.1. The summed E-state index contributed by atoms with van der Waals surface area (Å²) in [5.41, 5.74) is 3.09. The topological polar surface area (TPSA) is 58.5 Å². The molecule has 0 saturated carbocycles. The molecule has 3 rings (SSSR count). The first-order chi connectivity index (χ1) is 9.65. The zero-order valence-electron chi connectivity index (χ0n) is 10.7. The monoisotopic (exact) mass is 330 g/mol. The highest BCUT2D eigenvalue weighted by Crippen LogP contribution is 2.34. The molecule has 0 spiro atoms. The van der Waals surface area contributed by atoms with Crippen LogP contribution < -0.4 is 4.90 Å². The Bertz CT molecular complexity index is 700. The van der Waals surface area contributed by atoms with Crippen LogP contribution in [0.2, 0.25) is 0 Å². The molecule has 0 unspecified atom stereocenters. The second-order valence-corrected chi connectivity index (χ2v) is 5.37. The second-order valence-electron chi connectivity index (χ2n) is 4.45. The SMILES string of the molecule is CN1C(=O)CC(c2ccnnc2)=Nc2ccc(Br)cc21. The van der Waals surface area contributed by atoms with Gasteiger partial charge in [-0.25, -0.2) is 0 Å². The first kappa shape index (κ1) is 12.9. The number of carbonyl (C=O) groups excluding carboxylic acids is 1. The molecule has 1 aliphatic heterocycles. The summed E-state index contributed by atoms with van der Waals surface area (Å²) in [5, 5.41) is 7.59. The molecule has 1 aromatic carbocycles. The van der Waals surface area contributed by atoms with Crippen molar-refractivity contribution in [2.24, 2.45) is 4.99 Å². The standard InChI is InChI=1S/C14H11BrN4O/c1-19-13-6-10(15)2-3-11(13)18-12(7-14(19)20)9-4-5-16-17-8-9/h2-6,8H,7H2,1H3. The van der Waals surface area contributed by atoms with Gasteiger partial charge in [-0.2, -0.15) is 10.2 Å². The first-order valence-corrected chi connectivity index (χ1v) is 6.85. The van der Waals surface area contributed by atoms with E-state index in [4.69, 9.17) is 0 Å². The maximum Gasteiger partial charge on any atom is 0.232 e. The molecule has 20 heavy (non-hydrogen) atoms. The van der Waals surface area contributed by atoms with E-state index in [-0.39, 0.29) is 12.3 Å². The van der Waals surface area contributed by atoms with Gasteiger partial charge in [-0.3, -0.25) is 9.79 Å². The fraction of sp³-hybridized carbons (Fsp3) is 0.143. The highest BCUT2D eigenvalue weighted by atomic mass is 79.9. The van der Waals surface area contributed by atoms with E-state index in [1.807, 2.05) is 24.3 Å². The number of fused-ring (bicyclic) bond motifs is 1. The summed E-state index contributed by atoms with van der Waals surface area (Å²) in [6.45, 7) is 0. The van der Waals surface area contributed by atoms with Gasteiger partial charge in [0.15, 0.2) is 0 Å². The summed E-state index contributed by atoms with van der Waals surface area (Å²) >= 11 is 3.42. The summed E-state index contributed by atoms with van der Waals surface area (Å²) in [6.07, 6.45) is 3.46. The Morgan fingerprint density at radius 2 is 2.10 bits per heavy atom. The molecule has 100 valence electrons. The Labute approximate surface area is 124 Å². The first-order valence-electron chi connectivity index (χ1n) is 6.06. The molecule has 1 aliphatic rings. The Kier molecular flexibility index (Phi) is 3.31. The minimum Gasteiger partial charge on any atom is -0.313 e. The van der Waals surface area contributed by atoms with Crippen molar-refractivity contribution in [3.8, 4) is 0 Å². The molecule has 1 aromatic heterocycles. The van der Waals surface area contributed by atoms with E-state index in [9.17, 15) is 4.79 Å². The van der Waals surface area contributed by atoms with Crippen molar-refractivity contribution in [3.05, 3.63) is 46.7 Å². The Morgan fingerprint density at radius 1 is 1.25 bits per heavy atom. The van der Waals surface area contributed by atoms with Crippen molar-refractivity contribution in [2.75, 3.05) is 11.9 Å². The predicted octanol–water partition coefficient (Wildman–Crippen LogP) is 2.73. The van der Waals surface area contributed by atoms with Crippen LogP contribution in [0.1, 0.15) is 12.0 Å². The molecule has 0 fully saturated rings. The van der Waals surface area contributed by atoms with Gasteiger partial charge in [0, 0.05) is 17.1 Å².